The number of benzene rings is 2. The number of nitrogens with one attached hydrogen (secondary N) is 2. The fourth-order valence-corrected chi connectivity index (χ4v) is 4.99. The maximum absolute atomic E-state index is 14.7. The molecule has 2 N–H and O–H groups in total. The summed E-state index contributed by atoms with van der Waals surface area (Å²) in [6.45, 7) is 3.65. The molecule has 2 aromatic carbocycles. The molecule has 36 heavy (non-hydrogen) atoms. The number of aromatic nitrogens is 3. The number of aryl methyl sites for hydroxylation is 2. The van der Waals surface area contributed by atoms with Crippen molar-refractivity contribution in [2.75, 3.05) is 23.7 Å². The number of amides is 3. The quantitative estimate of drug-likeness (QED) is 0.538. The van der Waals surface area contributed by atoms with Gasteiger partial charge in [0.15, 0.2) is 5.82 Å². The lowest BCUT2D eigenvalue weighted by molar-refractivity contribution is -0.121. The van der Waals surface area contributed by atoms with E-state index in [1.54, 1.807) is 17.0 Å². The summed E-state index contributed by atoms with van der Waals surface area (Å²) in [6.07, 6.45) is 5.51. The number of anilines is 2. The zero-order valence-electron chi connectivity index (χ0n) is 20.5. The van der Waals surface area contributed by atoms with Crippen LogP contribution in [0.15, 0.2) is 42.5 Å². The monoisotopic (exact) mass is 490 g/mol. The van der Waals surface area contributed by atoms with Crippen molar-refractivity contribution in [1.29, 1.82) is 0 Å². The molecule has 2 aliphatic rings. The van der Waals surface area contributed by atoms with Gasteiger partial charge < -0.3 is 20.1 Å². The van der Waals surface area contributed by atoms with E-state index in [1.807, 2.05) is 31.2 Å². The van der Waals surface area contributed by atoms with Crippen LogP contribution in [0, 0.1) is 18.7 Å². The largest absolute Gasteiger partial charge is 0.324 e. The van der Waals surface area contributed by atoms with Gasteiger partial charge in [0.05, 0.1) is 11.6 Å². The Hall–Kier alpha value is -3.75. The van der Waals surface area contributed by atoms with E-state index in [9.17, 15) is 14.0 Å². The minimum absolute atomic E-state index is 0.116. The Bertz CT molecular complexity index is 1270. The van der Waals surface area contributed by atoms with Gasteiger partial charge in [0.2, 0.25) is 5.91 Å². The Labute approximate surface area is 209 Å². The number of carbonyl (C=O) groups is 2. The lowest BCUT2D eigenvalue weighted by Crippen LogP contribution is -2.45. The van der Waals surface area contributed by atoms with E-state index >= 15 is 0 Å². The molecule has 1 atom stereocenters. The van der Waals surface area contributed by atoms with E-state index in [-0.39, 0.29) is 24.2 Å². The first-order chi connectivity index (χ1) is 17.5. The molecule has 8 nitrogen and oxygen atoms in total. The van der Waals surface area contributed by atoms with Crippen LogP contribution in [-0.4, -0.2) is 44.7 Å². The van der Waals surface area contributed by atoms with E-state index in [2.05, 4.69) is 25.4 Å². The van der Waals surface area contributed by atoms with Crippen molar-refractivity contribution in [3.05, 3.63) is 59.7 Å². The summed E-state index contributed by atoms with van der Waals surface area (Å²) in [5, 5.41) is 14.3. The van der Waals surface area contributed by atoms with Crippen molar-refractivity contribution in [3.63, 3.8) is 0 Å². The van der Waals surface area contributed by atoms with Gasteiger partial charge in [0.25, 0.3) is 0 Å². The third kappa shape index (κ3) is 5.24. The molecule has 1 unspecified atom stereocenters. The van der Waals surface area contributed by atoms with Crippen LogP contribution in [0.2, 0.25) is 0 Å². The second-order valence-corrected chi connectivity index (χ2v) is 9.67. The third-order valence-corrected chi connectivity index (χ3v) is 6.94. The zero-order chi connectivity index (χ0) is 25.1. The Kier molecular flexibility index (Phi) is 6.97. The van der Waals surface area contributed by atoms with Gasteiger partial charge in [0.1, 0.15) is 11.6 Å². The number of carbonyl (C=O) groups excluding carboxylic acids is 2. The van der Waals surface area contributed by atoms with Crippen LogP contribution in [0.4, 0.5) is 20.6 Å². The van der Waals surface area contributed by atoms with Crippen LogP contribution < -0.4 is 10.6 Å². The van der Waals surface area contributed by atoms with Gasteiger partial charge in [-0.05, 0) is 68.5 Å². The van der Waals surface area contributed by atoms with Gasteiger partial charge in [-0.25, -0.2) is 9.18 Å². The highest BCUT2D eigenvalue weighted by Crippen LogP contribution is 2.28. The molecule has 0 saturated carbocycles. The number of likely N-dealkylation sites (tertiary alicyclic amines) is 1. The van der Waals surface area contributed by atoms with Crippen LogP contribution in [0.5, 0.6) is 0 Å². The lowest BCUT2D eigenvalue weighted by Gasteiger charge is -2.32. The summed E-state index contributed by atoms with van der Waals surface area (Å²) in [5.41, 5.74) is 2.60. The molecule has 3 heterocycles. The average molecular weight is 491 g/mol. The number of hydrogen-bond donors (Lipinski definition) is 2. The molecule has 1 fully saturated rings. The molecule has 1 saturated heterocycles. The maximum atomic E-state index is 14.7. The maximum Gasteiger partial charge on any atom is 0.321 e. The lowest BCUT2D eigenvalue weighted by atomic mass is 9.97. The molecule has 1 aromatic heterocycles. The molecule has 0 radical (unpaired) electrons. The van der Waals surface area contributed by atoms with Crippen molar-refractivity contribution < 1.29 is 14.0 Å². The van der Waals surface area contributed by atoms with E-state index in [1.165, 1.54) is 6.07 Å². The van der Waals surface area contributed by atoms with Crippen LogP contribution >= 0.6 is 0 Å². The minimum atomic E-state index is -0.507. The molecule has 0 spiro atoms. The molecule has 5 rings (SSSR count). The van der Waals surface area contributed by atoms with Gasteiger partial charge in [-0.2, -0.15) is 0 Å². The fraction of sp³-hybridized carbons (Fsp3) is 0.407. The van der Waals surface area contributed by atoms with E-state index in [0.717, 1.165) is 54.9 Å². The Balaban J connectivity index is 1.27. The topological polar surface area (TPSA) is 92.2 Å². The number of fused-ring (bicyclic) bond motifs is 1. The van der Waals surface area contributed by atoms with E-state index in [0.29, 0.717) is 25.2 Å². The van der Waals surface area contributed by atoms with E-state index < -0.39 is 11.7 Å². The first-order valence-electron chi connectivity index (χ1n) is 12.6. The molecule has 3 aromatic rings. The molecule has 9 heteroatoms. The summed E-state index contributed by atoms with van der Waals surface area (Å²) in [4.78, 5) is 27.5. The summed E-state index contributed by atoms with van der Waals surface area (Å²) in [5.74, 6) is 0.420. The first-order valence-corrected chi connectivity index (χ1v) is 12.6. The molecule has 188 valence electrons. The average Bonchev–Trinajstić information content (AvgIpc) is 3.13. The summed E-state index contributed by atoms with van der Waals surface area (Å²) in [6, 6.07) is 12.0. The number of piperidine rings is 1. The predicted octanol–water partition coefficient (Wildman–Crippen LogP) is 5.00. The number of hydrogen-bond acceptors (Lipinski definition) is 4. The Morgan fingerprint density at radius 3 is 2.75 bits per heavy atom. The van der Waals surface area contributed by atoms with Gasteiger partial charge in [-0.1, -0.05) is 18.6 Å². The van der Waals surface area contributed by atoms with Crippen molar-refractivity contribution in [2.24, 2.45) is 5.92 Å². The van der Waals surface area contributed by atoms with Crippen molar-refractivity contribution >= 4 is 23.3 Å². The smallest absolute Gasteiger partial charge is 0.321 e. The highest BCUT2D eigenvalue weighted by Gasteiger charge is 2.29. The molecule has 0 aliphatic carbocycles. The van der Waals surface area contributed by atoms with Gasteiger partial charge in [0, 0.05) is 37.3 Å². The summed E-state index contributed by atoms with van der Waals surface area (Å²) < 4.78 is 16.8. The molecule has 3 amide bonds. The second-order valence-electron chi connectivity index (χ2n) is 9.67. The van der Waals surface area contributed by atoms with Crippen molar-refractivity contribution in [1.82, 2.24) is 19.7 Å². The number of urea groups is 1. The van der Waals surface area contributed by atoms with Crippen LogP contribution in [0.1, 0.15) is 43.5 Å². The summed E-state index contributed by atoms with van der Waals surface area (Å²) in [7, 11) is 0. The highest BCUT2D eigenvalue weighted by molar-refractivity contribution is 5.94. The number of rotatable bonds is 4. The first kappa shape index (κ1) is 24.0. The Morgan fingerprint density at radius 2 is 1.89 bits per heavy atom. The van der Waals surface area contributed by atoms with Crippen molar-refractivity contribution in [2.45, 2.75) is 52.0 Å². The Morgan fingerprint density at radius 1 is 1.00 bits per heavy atom. The van der Waals surface area contributed by atoms with Gasteiger partial charge >= 0.3 is 6.03 Å². The molecule has 0 bridgehead atoms. The molecular weight excluding hydrogens is 459 g/mol. The number of halogens is 1. The van der Waals surface area contributed by atoms with E-state index in [4.69, 9.17) is 0 Å². The number of nitrogens with zero attached hydrogens (tertiary/aromatic N) is 4. The van der Waals surface area contributed by atoms with Gasteiger partial charge in [-0.3, -0.25) is 4.79 Å². The van der Waals surface area contributed by atoms with Crippen LogP contribution in [0.25, 0.3) is 11.4 Å². The van der Waals surface area contributed by atoms with Crippen molar-refractivity contribution in [3.8, 4) is 11.4 Å². The molecule has 2 aliphatic heterocycles. The normalized spacial score (nSPS) is 17.7. The zero-order valence-corrected chi connectivity index (χ0v) is 20.5. The standard InChI is InChI=1S/C27H31FN6O2/c1-18-7-5-9-21(15-18)29-27(36)33-13-6-8-20(17-33)26(35)30-23-16-19(11-12-22(23)28)25-32-31-24-10-3-2-4-14-34(24)25/h5,7,9,11-12,15-16,20H,2-4,6,8,10,13-14,17H2,1H3,(H,29,36)(H,30,35). The van der Waals surface area contributed by atoms with Crippen LogP contribution in [0.3, 0.4) is 0 Å². The van der Waals surface area contributed by atoms with Gasteiger partial charge in [-0.15, -0.1) is 10.2 Å². The SMILES string of the molecule is Cc1cccc(NC(=O)N2CCCC(C(=O)Nc3cc(-c4nnc5n4CCCCC5)ccc3F)C2)c1. The predicted molar refractivity (Wildman–Crippen MR) is 136 cm³/mol. The summed E-state index contributed by atoms with van der Waals surface area (Å²) >= 11 is 0. The van der Waals surface area contributed by atoms with Crippen LogP contribution in [-0.2, 0) is 17.8 Å². The molecular formula is C27H31FN6O2. The minimum Gasteiger partial charge on any atom is -0.324 e. The third-order valence-electron chi connectivity index (χ3n) is 6.94. The fourth-order valence-electron chi connectivity index (χ4n) is 4.99. The second kappa shape index (κ2) is 10.5. The highest BCUT2D eigenvalue weighted by atomic mass is 19.1.